The molecule has 3 heteroatoms. The van der Waals surface area contributed by atoms with Crippen molar-refractivity contribution in [2.45, 2.75) is 31.3 Å². The third kappa shape index (κ3) is 2.45. The number of hydrogen-bond donors (Lipinski definition) is 1. The average Bonchev–Trinajstić information content (AvgIpc) is 2.40. The molecule has 2 aliphatic heterocycles. The van der Waals surface area contributed by atoms with Crippen LogP contribution in [0.4, 0.5) is 0 Å². The van der Waals surface area contributed by atoms with Gasteiger partial charge in [-0.15, -0.1) is 0 Å². The van der Waals surface area contributed by atoms with Gasteiger partial charge in [0.15, 0.2) is 0 Å². The predicted octanol–water partition coefficient (Wildman–Crippen LogP) is 2.28. The standard InChI is InChI=1S/C14H19NO2/c1-2-6-14-12(5-1)13(7-9-17-14)15-11-4-3-8-16-10-11/h1-2,5-6,11,13,15H,3-4,7-10H2. The van der Waals surface area contributed by atoms with E-state index in [0.29, 0.717) is 12.1 Å². The molecule has 1 fully saturated rings. The fourth-order valence-corrected chi connectivity index (χ4v) is 2.67. The van der Waals surface area contributed by atoms with Gasteiger partial charge in [0.2, 0.25) is 0 Å². The maximum atomic E-state index is 5.67. The Bertz CT molecular complexity index is 374. The molecule has 92 valence electrons. The van der Waals surface area contributed by atoms with E-state index in [1.54, 1.807) is 0 Å². The molecule has 1 N–H and O–H groups in total. The maximum absolute atomic E-state index is 5.67. The molecule has 2 aliphatic rings. The summed E-state index contributed by atoms with van der Waals surface area (Å²) < 4.78 is 11.2. The van der Waals surface area contributed by atoms with Gasteiger partial charge in [0.05, 0.1) is 13.2 Å². The molecule has 1 aromatic carbocycles. The lowest BCUT2D eigenvalue weighted by Crippen LogP contribution is -2.40. The first-order chi connectivity index (χ1) is 8.43. The molecule has 2 unspecified atom stereocenters. The van der Waals surface area contributed by atoms with E-state index in [2.05, 4.69) is 23.5 Å². The van der Waals surface area contributed by atoms with Crippen LogP contribution in [0, 0.1) is 0 Å². The lowest BCUT2D eigenvalue weighted by Gasteiger charge is -2.32. The third-order valence-corrected chi connectivity index (χ3v) is 3.56. The van der Waals surface area contributed by atoms with Crippen molar-refractivity contribution in [1.29, 1.82) is 0 Å². The summed E-state index contributed by atoms with van der Waals surface area (Å²) in [6, 6.07) is 9.26. The molecular formula is C14H19NO2. The number of ether oxygens (including phenoxy) is 2. The smallest absolute Gasteiger partial charge is 0.124 e. The van der Waals surface area contributed by atoms with Crippen LogP contribution in [0.15, 0.2) is 24.3 Å². The summed E-state index contributed by atoms with van der Waals surface area (Å²) in [6.07, 6.45) is 3.44. The van der Waals surface area contributed by atoms with Crippen molar-refractivity contribution < 1.29 is 9.47 Å². The van der Waals surface area contributed by atoms with Gasteiger partial charge in [-0.3, -0.25) is 0 Å². The number of hydrogen-bond acceptors (Lipinski definition) is 3. The quantitative estimate of drug-likeness (QED) is 0.850. The van der Waals surface area contributed by atoms with Gasteiger partial charge in [0.25, 0.3) is 0 Å². The number of para-hydroxylation sites is 1. The van der Waals surface area contributed by atoms with Crippen molar-refractivity contribution in [3.8, 4) is 5.75 Å². The first kappa shape index (κ1) is 11.1. The molecule has 0 amide bonds. The van der Waals surface area contributed by atoms with E-state index in [1.807, 2.05) is 6.07 Å². The van der Waals surface area contributed by atoms with Gasteiger partial charge in [-0.2, -0.15) is 0 Å². The van der Waals surface area contributed by atoms with Crippen molar-refractivity contribution in [2.75, 3.05) is 19.8 Å². The van der Waals surface area contributed by atoms with Crippen LogP contribution in [-0.4, -0.2) is 25.9 Å². The Hall–Kier alpha value is -1.06. The summed E-state index contributed by atoms with van der Waals surface area (Å²) in [5.41, 5.74) is 1.30. The highest BCUT2D eigenvalue weighted by atomic mass is 16.5. The Morgan fingerprint density at radius 2 is 2.06 bits per heavy atom. The fraction of sp³-hybridized carbons (Fsp3) is 0.571. The molecule has 2 atom stereocenters. The van der Waals surface area contributed by atoms with Crippen LogP contribution in [0.5, 0.6) is 5.75 Å². The van der Waals surface area contributed by atoms with E-state index in [9.17, 15) is 0 Å². The molecule has 0 aliphatic carbocycles. The molecular weight excluding hydrogens is 214 g/mol. The van der Waals surface area contributed by atoms with Gasteiger partial charge in [0, 0.05) is 30.7 Å². The second-order valence-electron chi connectivity index (χ2n) is 4.81. The van der Waals surface area contributed by atoms with Crippen molar-refractivity contribution >= 4 is 0 Å². The van der Waals surface area contributed by atoms with E-state index in [1.165, 1.54) is 18.4 Å². The Morgan fingerprint density at radius 3 is 2.94 bits per heavy atom. The summed E-state index contributed by atoms with van der Waals surface area (Å²) in [7, 11) is 0. The normalized spacial score (nSPS) is 28.2. The first-order valence-electron chi connectivity index (χ1n) is 6.49. The van der Waals surface area contributed by atoms with E-state index in [-0.39, 0.29) is 0 Å². The Labute approximate surface area is 102 Å². The first-order valence-corrected chi connectivity index (χ1v) is 6.49. The SMILES string of the molecule is c1ccc2c(c1)OCCC2NC1CCCOC1. The minimum Gasteiger partial charge on any atom is -0.493 e. The van der Waals surface area contributed by atoms with E-state index in [0.717, 1.165) is 32.0 Å². The molecule has 1 saturated heterocycles. The van der Waals surface area contributed by atoms with Gasteiger partial charge < -0.3 is 14.8 Å². The molecule has 1 aromatic rings. The third-order valence-electron chi connectivity index (χ3n) is 3.56. The van der Waals surface area contributed by atoms with Gasteiger partial charge >= 0.3 is 0 Å². The number of benzene rings is 1. The highest BCUT2D eigenvalue weighted by Crippen LogP contribution is 2.32. The van der Waals surface area contributed by atoms with Crippen LogP contribution in [-0.2, 0) is 4.74 Å². The lowest BCUT2D eigenvalue weighted by molar-refractivity contribution is 0.0637. The van der Waals surface area contributed by atoms with E-state index >= 15 is 0 Å². The van der Waals surface area contributed by atoms with Crippen molar-refractivity contribution in [3.63, 3.8) is 0 Å². The van der Waals surface area contributed by atoms with Crippen LogP contribution in [0.3, 0.4) is 0 Å². The molecule has 0 saturated carbocycles. The molecule has 17 heavy (non-hydrogen) atoms. The summed E-state index contributed by atoms with van der Waals surface area (Å²) in [5.74, 6) is 1.04. The summed E-state index contributed by atoms with van der Waals surface area (Å²) in [4.78, 5) is 0. The predicted molar refractivity (Wildman–Crippen MR) is 66.3 cm³/mol. The van der Waals surface area contributed by atoms with Crippen LogP contribution in [0.2, 0.25) is 0 Å². The van der Waals surface area contributed by atoms with Crippen LogP contribution in [0.25, 0.3) is 0 Å². The van der Waals surface area contributed by atoms with Crippen LogP contribution < -0.4 is 10.1 Å². The molecule has 0 bridgehead atoms. The maximum Gasteiger partial charge on any atom is 0.124 e. The van der Waals surface area contributed by atoms with Crippen molar-refractivity contribution in [2.24, 2.45) is 0 Å². The van der Waals surface area contributed by atoms with Crippen molar-refractivity contribution in [1.82, 2.24) is 5.32 Å². The molecule has 0 radical (unpaired) electrons. The molecule has 3 rings (SSSR count). The Balaban J connectivity index is 1.71. The zero-order valence-electron chi connectivity index (χ0n) is 10.0. The number of nitrogens with one attached hydrogen (secondary N) is 1. The van der Waals surface area contributed by atoms with Gasteiger partial charge in [-0.1, -0.05) is 18.2 Å². The number of fused-ring (bicyclic) bond motifs is 1. The van der Waals surface area contributed by atoms with Crippen molar-refractivity contribution in [3.05, 3.63) is 29.8 Å². The molecule has 3 nitrogen and oxygen atoms in total. The Kier molecular flexibility index (Phi) is 3.29. The van der Waals surface area contributed by atoms with E-state index in [4.69, 9.17) is 9.47 Å². The summed E-state index contributed by atoms with van der Waals surface area (Å²) in [6.45, 7) is 2.57. The van der Waals surface area contributed by atoms with Gasteiger partial charge in [-0.25, -0.2) is 0 Å². The highest BCUT2D eigenvalue weighted by molar-refractivity contribution is 5.37. The number of rotatable bonds is 2. The summed E-state index contributed by atoms with van der Waals surface area (Å²) >= 11 is 0. The topological polar surface area (TPSA) is 30.5 Å². The van der Waals surface area contributed by atoms with E-state index < -0.39 is 0 Å². The van der Waals surface area contributed by atoms with Gasteiger partial charge in [0.1, 0.15) is 5.75 Å². The Morgan fingerprint density at radius 1 is 1.12 bits per heavy atom. The average molecular weight is 233 g/mol. The lowest BCUT2D eigenvalue weighted by atomic mass is 9.98. The van der Waals surface area contributed by atoms with Crippen LogP contribution in [0.1, 0.15) is 30.9 Å². The second-order valence-corrected chi connectivity index (χ2v) is 4.81. The zero-order valence-corrected chi connectivity index (χ0v) is 10.0. The monoisotopic (exact) mass is 233 g/mol. The largest absolute Gasteiger partial charge is 0.493 e. The highest BCUT2D eigenvalue weighted by Gasteiger charge is 2.24. The molecule has 2 heterocycles. The zero-order chi connectivity index (χ0) is 11.5. The fourth-order valence-electron chi connectivity index (χ4n) is 2.67. The summed E-state index contributed by atoms with van der Waals surface area (Å²) in [5, 5.41) is 3.71. The molecule has 0 aromatic heterocycles. The van der Waals surface area contributed by atoms with Gasteiger partial charge in [-0.05, 0) is 18.9 Å². The van der Waals surface area contributed by atoms with Crippen LogP contribution >= 0.6 is 0 Å². The molecule has 0 spiro atoms. The minimum atomic E-state index is 0.423. The minimum absolute atomic E-state index is 0.423. The second kappa shape index (κ2) is 5.07.